The molecule has 0 bridgehead atoms. The normalized spacial score (nSPS) is 17.9. The number of rotatable bonds is 9. The summed E-state index contributed by atoms with van der Waals surface area (Å²) in [6.45, 7) is -0.117. The minimum absolute atomic E-state index is 0.0482. The van der Waals surface area contributed by atoms with Crippen LogP contribution in [0.2, 0.25) is 0 Å². The molecule has 2 aliphatic rings. The lowest BCUT2D eigenvalue weighted by atomic mass is 9.84. The van der Waals surface area contributed by atoms with Gasteiger partial charge in [0.15, 0.2) is 5.13 Å². The number of piperazine rings is 1. The number of thiazole rings is 1. The van der Waals surface area contributed by atoms with Crippen LogP contribution >= 0.6 is 11.3 Å². The summed E-state index contributed by atoms with van der Waals surface area (Å²) < 4.78 is 33.6. The Morgan fingerprint density at radius 3 is 2.35 bits per heavy atom. The van der Waals surface area contributed by atoms with Crippen LogP contribution < -0.4 is 10.1 Å². The maximum absolute atomic E-state index is 13.4. The van der Waals surface area contributed by atoms with Gasteiger partial charge in [0.1, 0.15) is 23.3 Å². The Bertz CT molecular complexity index is 1410. The van der Waals surface area contributed by atoms with Gasteiger partial charge in [0.25, 0.3) is 0 Å². The van der Waals surface area contributed by atoms with Gasteiger partial charge in [-0.05, 0) is 60.9 Å². The number of aromatic nitrogens is 1. The third-order valence-corrected chi connectivity index (χ3v) is 9.93. The number of hydrogen-bond acceptors (Lipinski definition) is 8. The first kappa shape index (κ1) is 28.1. The number of phenols is 1. The summed E-state index contributed by atoms with van der Waals surface area (Å²) in [4.78, 5) is 32.4. The van der Waals surface area contributed by atoms with Crippen LogP contribution in [0.25, 0.3) is 0 Å². The second-order valence-corrected chi connectivity index (χ2v) is 12.9. The third-order valence-electron chi connectivity index (χ3n) is 7.38. The highest BCUT2D eigenvalue weighted by atomic mass is 32.2. The van der Waals surface area contributed by atoms with Crippen molar-refractivity contribution in [3.05, 3.63) is 60.1 Å². The number of benzene rings is 2. The predicted molar refractivity (Wildman–Crippen MR) is 151 cm³/mol. The molecule has 1 saturated carbocycles. The molecule has 3 aromatic rings. The van der Waals surface area contributed by atoms with Crippen molar-refractivity contribution in [2.45, 2.75) is 49.5 Å². The van der Waals surface area contributed by atoms with E-state index in [1.54, 1.807) is 35.8 Å². The first-order valence-corrected chi connectivity index (χ1v) is 15.7. The Morgan fingerprint density at radius 2 is 1.73 bits per heavy atom. The number of sulfonamides is 1. The molecule has 2 heterocycles. The molecular weight excluding hydrogens is 552 g/mol. The van der Waals surface area contributed by atoms with Crippen molar-refractivity contribution in [3.63, 3.8) is 0 Å². The van der Waals surface area contributed by atoms with Gasteiger partial charge in [0, 0.05) is 24.7 Å². The summed E-state index contributed by atoms with van der Waals surface area (Å²) >= 11 is 1.31. The highest BCUT2D eigenvalue weighted by Crippen LogP contribution is 2.31. The van der Waals surface area contributed by atoms with Gasteiger partial charge in [0.2, 0.25) is 21.8 Å². The largest absolute Gasteiger partial charge is 0.508 e. The van der Waals surface area contributed by atoms with E-state index in [4.69, 9.17) is 4.74 Å². The number of aromatic hydroxyl groups is 1. The highest BCUT2D eigenvalue weighted by molar-refractivity contribution is 7.89. The Balaban J connectivity index is 1.26. The van der Waals surface area contributed by atoms with Gasteiger partial charge in [-0.15, -0.1) is 11.3 Å². The van der Waals surface area contributed by atoms with Gasteiger partial charge in [-0.25, -0.2) is 13.4 Å². The lowest BCUT2D eigenvalue weighted by Gasteiger charge is -2.39. The standard InChI is InChI=1S/C28H32N4O6S2/c33-21-6-8-22(9-7-21)38-23-10-12-24(13-11-23)40(36,37)31-15-16-32(26(34)19-31)25(18-20-4-2-1-3-5-20)27(35)30-28-29-14-17-39-28/h6-14,17,20,25,33H,1-5,15-16,18-19H2,(H,29,30,35)/t25-/m0/s1. The molecule has 2 aromatic carbocycles. The summed E-state index contributed by atoms with van der Waals surface area (Å²) in [6.07, 6.45) is 7.63. The van der Waals surface area contributed by atoms with Crippen molar-refractivity contribution in [3.8, 4) is 17.2 Å². The maximum Gasteiger partial charge on any atom is 0.248 e. The monoisotopic (exact) mass is 584 g/mol. The maximum atomic E-state index is 13.4. The van der Waals surface area contributed by atoms with Gasteiger partial charge in [-0.1, -0.05) is 32.1 Å². The van der Waals surface area contributed by atoms with Gasteiger partial charge in [-0.3, -0.25) is 9.59 Å². The number of anilines is 1. The average molecular weight is 585 g/mol. The number of amides is 2. The van der Waals surface area contributed by atoms with Crippen molar-refractivity contribution in [1.29, 1.82) is 0 Å². The summed E-state index contributed by atoms with van der Waals surface area (Å²) in [6, 6.07) is 11.5. The fourth-order valence-electron chi connectivity index (χ4n) is 5.27. The molecule has 212 valence electrons. The van der Waals surface area contributed by atoms with Crippen molar-refractivity contribution >= 4 is 38.3 Å². The third kappa shape index (κ3) is 6.62. The van der Waals surface area contributed by atoms with Crippen LogP contribution in [-0.2, 0) is 19.6 Å². The van der Waals surface area contributed by atoms with E-state index in [9.17, 15) is 23.1 Å². The minimum atomic E-state index is -3.94. The molecule has 1 atom stereocenters. The number of carbonyl (C=O) groups is 2. The second-order valence-electron chi connectivity index (χ2n) is 10.1. The number of ether oxygens (including phenoxy) is 1. The number of carbonyl (C=O) groups excluding carboxylic acids is 2. The quantitative estimate of drug-likeness (QED) is 0.380. The molecule has 2 N–H and O–H groups in total. The minimum Gasteiger partial charge on any atom is -0.508 e. The van der Waals surface area contributed by atoms with Crippen LogP contribution in [0.3, 0.4) is 0 Å². The van der Waals surface area contributed by atoms with E-state index in [0.29, 0.717) is 29.0 Å². The van der Waals surface area contributed by atoms with E-state index in [1.807, 2.05) is 0 Å². The molecule has 2 amide bonds. The molecule has 0 spiro atoms. The van der Waals surface area contributed by atoms with Gasteiger partial charge >= 0.3 is 0 Å². The van der Waals surface area contributed by atoms with E-state index in [1.165, 1.54) is 46.9 Å². The van der Waals surface area contributed by atoms with Crippen LogP contribution in [-0.4, -0.2) is 65.2 Å². The Labute approximate surface area is 237 Å². The Morgan fingerprint density at radius 1 is 1.05 bits per heavy atom. The number of nitrogens with one attached hydrogen (secondary N) is 1. The fraction of sp³-hybridized carbons (Fsp3) is 0.393. The van der Waals surface area contributed by atoms with E-state index in [0.717, 1.165) is 30.0 Å². The zero-order valence-electron chi connectivity index (χ0n) is 21.9. The zero-order chi connectivity index (χ0) is 28.1. The van der Waals surface area contributed by atoms with Gasteiger partial charge < -0.3 is 20.1 Å². The topological polar surface area (TPSA) is 129 Å². The molecule has 0 radical (unpaired) electrons. The molecular formula is C28H32N4O6S2. The van der Waals surface area contributed by atoms with Crippen molar-refractivity contribution in [2.75, 3.05) is 25.0 Å². The number of nitrogens with zero attached hydrogens (tertiary/aromatic N) is 3. The lowest BCUT2D eigenvalue weighted by molar-refractivity contribution is -0.142. The van der Waals surface area contributed by atoms with Crippen LogP contribution in [0.1, 0.15) is 38.5 Å². The molecule has 2 fully saturated rings. The summed E-state index contributed by atoms with van der Waals surface area (Å²) in [5.74, 6) is 0.715. The molecule has 5 rings (SSSR count). The smallest absolute Gasteiger partial charge is 0.248 e. The molecule has 0 unspecified atom stereocenters. The summed E-state index contributed by atoms with van der Waals surface area (Å²) in [7, 11) is -3.94. The lowest BCUT2D eigenvalue weighted by Crippen LogP contribution is -2.58. The molecule has 1 saturated heterocycles. The van der Waals surface area contributed by atoms with E-state index < -0.39 is 22.0 Å². The number of hydrogen-bond donors (Lipinski definition) is 2. The first-order chi connectivity index (χ1) is 19.3. The SMILES string of the molecule is O=C(Nc1nccs1)[C@H](CC1CCCCC1)N1CCN(S(=O)(=O)c2ccc(Oc3ccc(O)cc3)cc2)CC1=O. The fourth-order valence-corrected chi connectivity index (χ4v) is 7.18. The van der Waals surface area contributed by atoms with E-state index >= 15 is 0 Å². The van der Waals surface area contributed by atoms with Crippen molar-refractivity contribution < 1.29 is 27.9 Å². The van der Waals surface area contributed by atoms with Gasteiger partial charge in [-0.2, -0.15) is 4.31 Å². The Kier molecular flexibility index (Phi) is 8.67. The Hall–Kier alpha value is -3.48. The van der Waals surface area contributed by atoms with Crippen molar-refractivity contribution in [1.82, 2.24) is 14.2 Å². The molecule has 1 aliphatic heterocycles. The molecule has 1 aromatic heterocycles. The van der Waals surface area contributed by atoms with Crippen LogP contribution in [0, 0.1) is 5.92 Å². The summed E-state index contributed by atoms with van der Waals surface area (Å²) in [5, 5.41) is 14.5. The van der Waals surface area contributed by atoms with Crippen LogP contribution in [0.4, 0.5) is 5.13 Å². The van der Waals surface area contributed by atoms with E-state index in [-0.39, 0.29) is 36.2 Å². The molecule has 12 heteroatoms. The first-order valence-electron chi connectivity index (χ1n) is 13.4. The molecule has 10 nitrogen and oxygen atoms in total. The van der Waals surface area contributed by atoms with Gasteiger partial charge in [0.05, 0.1) is 11.4 Å². The summed E-state index contributed by atoms with van der Waals surface area (Å²) in [5.41, 5.74) is 0. The second kappa shape index (κ2) is 12.4. The van der Waals surface area contributed by atoms with Crippen molar-refractivity contribution in [2.24, 2.45) is 5.92 Å². The molecule has 1 aliphatic carbocycles. The van der Waals surface area contributed by atoms with E-state index in [2.05, 4.69) is 10.3 Å². The highest BCUT2D eigenvalue weighted by Gasteiger charge is 2.39. The molecule has 40 heavy (non-hydrogen) atoms. The van der Waals surface area contributed by atoms with Crippen LogP contribution in [0.15, 0.2) is 65.0 Å². The number of phenolic OH excluding ortho intramolecular Hbond substituents is 1. The zero-order valence-corrected chi connectivity index (χ0v) is 23.6. The van der Waals surface area contributed by atoms with Crippen LogP contribution in [0.5, 0.6) is 17.2 Å². The predicted octanol–water partition coefficient (Wildman–Crippen LogP) is 4.45. The average Bonchev–Trinajstić information content (AvgIpc) is 3.47.